The van der Waals surface area contributed by atoms with E-state index in [1.165, 1.54) is 53.3 Å². The van der Waals surface area contributed by atoms with Crippen LogP contribution in [0.3, 0.4) is 0 Å². The summed E-state index contributed by atoms with van der Waals surface area (Å²) in [5, 5.41) is 0. The van der Waals surface area contributed by atoms with Crippen molar-refractivity contribution in [3.8, 4) is 0 Å². The minimum absolute atomic E-state index is 0.114. The van der Waals surface area contributed by atoms with Gasteiger partial charge in [0.15, 0.2) is 5.78 Å². The van der Waals surface area contributed by atoms with E-state index in [2.05, 4.69) is 32.9 Å². The number of ketones is 1. The summed E-state index contributed by atoms with van der Waals surface area (Å²) in [5.74, 6) is 1.14. The number of benzene rings is 1. The molecule has 0 atom stereocenters. The van der Waals surface area contributed by atoms with E-state index in [0.717, 1.165) is 24.2 Å². The number of ether oxygens (including phenoxy) is 1. The SMILES string of the molecule is CSC(=S)OC1=C(Cc2c(C)cc(C)cc2C)C(=O)CC12CCCCC2. The monoisotopic (exact) mass is 388 g/mol. The first kappa shape index (κ1) is 19.6. The minimum atomic E-state index is -0.114. The number of thioether (sulfide) groups is 1. The lowest BCUT2D eigenvalue weighted by Gasteiger charge is -2.34. The molecule has 0 aliphatic heterocycles. The van der Waals surface area contributed by atoms with Gasteiger partial charge in [0.2, 0.25) is 4.38 Å². The van der Waals surface area contributed by atoms with Crippen LogP contribution in [0.4, 0.5) is 0 Å². The van der Waals surface area contributed by atoms with Crippen LogP contribution >= 0.6 is 24.0 Å². The van der Waals surface area contributed by atoms with Crippen LogP contribution in [-0.4, -0.2) is 16.4 Å². The molecular formula is C22H28O2S2. The molecule has 2 aliphatic carbocycles. The Morgan fingerprint density at radius 1 is 1.15 bits per heavy atom. The number of allylic oxidation sites excluding steroid dienone is 2. The quantitative estimate of drug-likeness (QED) is 0.594. The molecule has 1 aromatic carbocycles. The van der Waals surface area contributed by atoms with Crippen molar-refractivity contribution < 1.29 is 9.53 Å². The van der Waals surface area contributed by atoms with Crippen molar-refractivity contribution in [1.29, 1.82) is 0 Å². The largest absolute Gasteiger partial charge is 0.443 e. The summed E-state index contributed by atoms with van der Waals surface area (Å²) < 4.78 is 6.69. The van der Waals surface area contributed by atoms with Crippen molar-refractivity contribution >= 4 is 34.1 Å². The van der Waals surface area contributed by atoms with E-state index in [9.17, 15) is 4.79 Å². The molecule has 0 aromatic heterocycles. The molecule has 1 fully saturated rings. The van der Waals surface area contributed by atoms with Gasteiger partial charge in [0.05, 0.1) is 0 Å². The minimum Gasteiger partial charge on any atom is -0.443 e. The molecule has 2 aliphatic rings. The predicted octanol–water partition coefficient (Wildman–Crippen LogP) is 6.00. The first-order chi connectivity index (χ1) is 12.4. The van der Waals surface area contributed by atoms with Gasteiger partial charge < -0.3 is 4.74 Å². The highest BCUT2D eigenvalue weighted by atomic mass is 32.2. The van der Waals surface area contributed by atoms with E-state index in [1.54, 1.807) is 0 Å². The zero-order valence-corrected chi connectivity index (χ0v) is 17.9. The molecule has 0 unspecified atom stereocenters. The second-order valence-electron chi connectivity index (χ2n) is 7.86. The van der Waals surface area contributed by atoms with Crippen LogP contribution < -0.4 is 0 Å². The van der Waals surface area contributed by atoms with Gasteiger partial charge in [-0.2, -0.15) is 0 Å². The summed E-state index contributed by atoms with van der Waals surface area (Å²) in [7, 11) is 0. The number of carbonyl (C=O) groups is 1. The molecule has 1 aromatic rings. The second-order valence-corrected chi connectivity index (χ2v) is 9.27. The lowest BCUT2D eigenvalue weighted by Crippen LogP contribution is -2.26. The molecule has 0 N–H and O–H groups in total. The second kappa shape index (κ2) is 7.85. The van der Waals surface area contributed by atoms with Crippen LogP contribution in [0.15, 0.2) is 23.5 Å². The van der Waals surface area contributed by atoms with Gasteiger partial charge in [-0.1, -0.05) is 48.7 Å². The van der Waals surface area contributed by atoms with E-state index < -0.39 is 0 Å². The Morgan fingerprint density at radius 3 is 2.35 bits per heavy atom. The molecule has 0 bridgehead atoms. The molecule has 0 amide bonds. The molecule has 1 saturated carbocycles. The van der Waals surface area contributed by atoms with Gasteiger partial charge in [-0.05, 0) is 68.8 Å². The molecule has 1 spiro atoms. The van der Waals surface area contributed by atoms with Crippen LogP contribution in [0, 0.1) is 26.2 Å². The average molecular weight is 389 g/mol. The lowest BCUT2D eigenvalue weighted by molar-refractivity contribution is -0.116. The summed E-state index contributed by atoms with van der Waals surface area (Å²) in [5.41, 5.74) is 5.76. The topological polar surface area (TPSA) is 26.3 Å². The van der Waals surface area contributed by atoms with Gasteiger partial charge in [0.25, 0.3) is 0 Å². The van der Waals surface area contributed by atoms with Crippen LogP contribution in [0.5, 0.6) is 0 Å². The number of aryl methyl sites for hydroxylation is 3. The Morgan fingerprint density at radius 2 is 1.77 bits per heavy atom. The van der Waals surface area contributed by atoms with Crippen molar-refractivity contribution in [2.24, 2.45) is 5.41 Å². The maximum atomic E-state index is 13.0. The van der Waals surface area contributed by atoms with Crippen LogP contribution in [0.2, 0.25) is 0 Å². The van der Waals surface area contributed by atoms with Gasteiger partial charge >= 0.3 is 0 Å². The fourth-order valence-corrected chi connectivity index (χ4v) is 4.96. The molecule has 0 heterocycles. The summed E-state index contributed by atoms with van der Waals surface area (Å²) in [6.07, 6.45) is 8.86. The van der Waals surface area contributed by atoms with E-state index in [4.69, 9.17) is 17.0 Å². The van der Waals surface area contributed by atoms with Crippen molar-refractivity contribution in [2.75, 3.05) is 6.26 Å². The van der Waals surface area contributed by atoms with Gasteiger partial charge in [-0.15, -0.1) is 0 Å². The first-order valence-corrected chi connectivity index (χ1v) is 11.1. The van der Waals surface area contributed by atoms with Crippen LogP contribution in [0.1, 0.15) is 60.8 Å². The zero-order valence-electron chi connectivity index (χ0n) is 16.2. The van der Waals surface area contributed by atoms with Crippen molar-refractivity contribution in [3.05, 3.63) is 45.7 Å². The molecular weight excluding hydrogens is 360 g/mol. The Bertz CT molecular complexity index is 747. The zero-order chi connectivity index (χ0) is 18.9. The molecule has 26 heavy (non-hydrogen) atoms. The molecule has 0 radical (unpaired) electrons. The highest BCUT2D eigenvalue weighted by molar-refractivity contribution is 8.22. The summed E-state index contributed by atoms with van der Waals surface area (Å²) in [6, 6.07) is 4.40. The number of thiocarbonyl (C=S) groups is 1. The number of Topliss-reactive ketones (excluding diaryl/α,β-unsaturated/α-hetero) is 1. The summed E-state index contributed by atoms with van der Waals surface area (Å²) in [4.78, 5) is 13.0. The first-order valence-electron chi connectivity index (χ1n) is 9.45. The number of carbonyl (C=O) groups excluding carboxylic acids is 1. The Balaban J connectivity index is 2.04. The molecule has 3 rings (SSSR count). The van der Waals surface area contributed by atoms with Gasteiger partial charge in [0, 0.05) is 23.8 Å². The summed E-state index contributed by atoms with van der Waals surface area (Å²) >= 11 is 6.81. The number of rotatable bonds is 3. The third-order valence-electron chi connectivity index (χ3n) is 5.95. The Labute approximate surface area is 166 Å². The maximum absolute atomic E-state index is 13.0. The Kier molecular flexibility index (Phi) is 5.93. The third kappa shape index (κ3) is 3.77. The molecule has 4 heteroatoms. The third-order valence-corrected chi connectivity index (χ3v) is 6.95. The van der Waals surface area contributed by atoms with Crippen molar-refractivity contribution in [2.45, 2.75) is 65.7 Å². The lowest BCUT2D eigenvalue weighted by atomic mass is 9.72. The molecule has 0 saturated heterocycles. The van der Waals surface area contributed by atoms with Crippen molar-refractivity contribution in [3.63, 3.8) is 0 Å². The molecule has 2 nitrogen and oxygen atoms in total. The smallest absolute Gasteiger partial charge is 0.225 e. The van der Waals surface area contributed by atoms with Gasteiger partial charge in [-0.25, -0.2) is 0 Å². The van der Waals surface area contributed by atoms with Gasteiger partial charge in [-0.3, -0.25) is 4.79 Å². The predicted molar refractivity (Wildman–Crippen MR) is 114 cm³/mol. The molecule has 140 valence electrons. The van der Waals surface area contributed by atoms with E-state index in [1.807, 2.05) is 6.26 Å². The highest BCUT2D eigenvalue weighted by Gasteiger charge is 2.47. The van der Waals surface area contributed by atoms with Gasteiger partial charge in [0.1, 0.15) is 5.76 Å². The fraction of sp³-hybridized carbons (Fsp3) is 0.545. The normalized spacial score (nSPS) is 19.3. The van der Waals surface area contributed by atoms with E-state index in [-0.39, 0.29) is 11.2 Å². The Hall–Kier alpha value is -1.13. The van der Waals surface area contributed by atoms with E-state index >= 15 is 0 Å². The summed E-state index contributed by atoms with van der Waals surface area (Å²) in [6.45, 7) is 6.39. The number of hydrogen-bond donors (Lipinski definition) is 0. The fourth-order valence-electron chi connectivity index (χ4n) is 4.71. The maximum Gasteiger partial charge on any atom is 0.225 e. The van der Waals surface area contributed by atoms with Crippen LogP contribution in [0.25, 0.3) is 0 Å². The average Bonchev–Trinajstić information content (AvgIpc) is 2.82. The van der Waals surface area contributed by atoms with Crippen molar-refractivity contribution in [1.82, 2.24) is 0 Å². The standard InChI is InChI=1S/C22H28O2S2/c1-14-10-15(2)17(16(3)11-14)12-18-19(23)13-22(8-6-5-7-9-22)20(18)24-21(25)26-4/h10-11H,5-9,12-13H2,1-4H3. The van der Waals surface area contributed by atoms with E-state index in [0.29, 0.717) is 17.2 Å². The highest BCUT2D eigenvalue weighted by Crippen LogP contribution is 2.52. The number of hydrogen-bond acceptors (Lipinski definition) is 4. The van der Waals surface area contributed by atoms with Crippen LogP contribution in [-0.2, 0) is 16.0 Å².